The molecule has 2 heterocycles. The average molecular weight is 290 g/mol. The molecular formula is C15H18N2O4. The molecule has 0 amide bonds. The second-order valence-corrected chi connectivity index (χ2v) is 4.91. The number of nitrogen functional groups attached to an aromatic ring is 1. The van der Waals surface area contributed by atoms with Gasteiger partial charge in [-0.3, -0.25) is 0 Å². The molecule has 0 aliphatic carbocycles. The summed E-state index contributed by atoms with van der Waals surface area (Å²) in [4.78, 5) is 0. The highest BCUT2D eigenvalue weighted by molar-refractivity contribution is 5.65. The molecule has 0 atom stereocenters. The van der Waals surface area contributed by atoms with Crippen LogP contribution in [0.15, 0.2) is 28.8 Å². The molecule has 2 N–H and O–H groups in total. The average Bonchev–Trinajstić information content (AvgIpc) is 2.95. The zero-order chi connectivity index (χ0) is 14.7. The quantitative estimate of drug-likeness (QED) is 0.932. The predicted octanol–water partition coefficient (Wildman–Crippen LogP) is 2.49. The van der Waals surface area contributed by atoms with E-state index >= 15 is 0 Å². The third-order valence-electron chi connectivity index (χ3n) is 3.45. The zero-order valence-electron chi connectivity index (χ0n) is 11.9. The van der Waals surface area contributed by atoms with Crippen molar-refractivity contribution in [2.75, 3.05) is 26.1 Å². The number of nitrogens with zero attached hydrogens (tertiary/aromatic N) is 1. The van der Waals surface area contributed by atoms with Gasteiger partial charge in [0.15, 0.2) is 11.5 Å². The number of aromatic nitrogens is 1. The molecule has 1 aliphatic rings. The van der Waals surface area contributed by atoms with Crippen LogP contribution in [0.5, 0.6) is 11.5 Å². The van der Waals surface area contributed by atoms with Crippen LogP contribution in [0.2, 0.25) is 0 Å². The van der Waals surface area contributed by atoms with Crippen LogP contribution in [-0.4, -0.2) is 31.6 Å². The predicted molar refractivity (Wildman–Crippen MR) is 77.4 cm³/mol. The third-order valence-corrected chi connectivity index (χ3v) is 3.45. The first-order chi connectivity index (χ1) is 10.3. The number of methoxy groups -OCH3 is 1. The smallest absolute Gasteiger partial charge is 0.222 e. The van der Waals surface area contributed by atoms with Crippen LogP contribution in [0.4, 0.5) is 5.88 Å². The normalized spacial score (nSPS) is 15.9. The minimum Gasteiger partial charge on any atom is -0.493 e. The minimum atomic E-state index is 0.144. The van der Waals surface area contributed by atoms with Crippen molar-refractivity contribution in [3.63, 3.8) is 0 Å². The topological polar surface area (TPSA) is 79.7 Å². The second-order valence-electron chi connectivity index (χ2n) is 4.91. The molecule has 2 aromatic rings. The lowest BCUT2D eigenvalue weighted by Gasteiger charge is -2.24. The highest BCUT2D eigenvalue weighted by atomic mass is 16.5. The van der Waals surface area contributed by atoms with Gasteiger partial charge in [0, 0.05) is 24.5 Å². The van der Waals surface area contributed by atoms with Crippen LogP contribution in [0.1, 0.15) is 12.8 Å². The van der Waals surface area contributed by atoms with Crippen LogP contribution in [-0.2, 0) is 4.74 Å². The Labute approximate surface area is 122 Å². The highest BCUT2D eigenvalue weighted by Crippen LogP contribution is 2.34. The first kappa shape index (κ1) is 13.8. The summed E-state index contributed by atoms with van der Waals surface area (Å²) in [5.41, 5.74) is 7.11. The number of hydrogen-bond donors (Lipinski definition) is 1. The standard InChI is InChI=1S/C15H18N2O4/c1-18-13-3-2-10(12-9-15(16)21-17-12)8-14(13)20-11-4-6-19-7-5-11/h2-3,8-9,11H,4-7,16H2,1H3. The Morgan fingerprint density at radius 3 is 2.67 bits per heavy atom. The second kappa shape index (κ2) is 6.05. The summed E-state index contributed by atoms with van der Waals surface area (Å²) < 4.78 is 21.7. The van der Waals surface area contributed by atoms with Gasteiger partial charge in [-0.05, 0) is 18.2 Å². The summed E-state index contributed by atoms with van der Waals surface area (Å²) in [6, 6.07) is 7.33. The lowest BCUT2D eigenvalue weighted by molar-refractivity contribution is 0.0246. The number of anilines is 1. The summed E-state index contributed by atoms with van der Waals surface area (Å²) in [6.07, 6.45) is 1.90. The van der Waals surface area contributed by atoms with Crippen molar-refractivity contribution < 1.29 is 18.7 Å². The van der Waals surface area contributed by atoms with Crippen molar-refractivity contribution >= 4 is 5.88 Å². The van der Waals surface area contributed by atoms with Gasteiger partial charge >= 0.3 is 0 Å². The molecule has 1 aromatic heterocycles. The summed E-state index contributed by atoms with van der Waals surface area (Å²) in [5, 5.41) is 3.91. The number of benzene rings is 1. The van der Waals surface area contributed by atoms with Gasteiger partial charge in [0.1, 0.15) is 11.8 Å². The third kappa shape index (κ3) is 3.11. The van der Waals surface area contributed by atoms with Gasteiger partial charge < -0.3 is 24.5 Å². The van der Waals surface area contributed by atoms with Crippen LogP contribution in [0.3, 0.4) is 0 Å². The molecule has 1 aliphatic heterocycles. The number of nitrogens with two attached hydrogens (primary N) is 1. The summed E-state index contributed by atoms with van der Waals surface area (Å²) in [7, 11) is 1.62. The van der Waals surface area contributed by atoms with Gasteiger partial charge in [0.25, 0.3) is 0 Å². The zero-order valence-corrected chi connectivity index (χ0v) is 11.9. The van der Waals surface area contributed by atoms with E-state index in [4.69, 9.17) is 24.5 Å². The molecule has 0 unspecified atom stereocenters. The minimum absolute atomic E-state index is 0.144. The highest BCUT2D eigenvalue weighted by Gasteiger charge is 2.18. The van der Waals surface area contributed by atoms with E-state index in [1.807, 2.05) is 18.2 Å². The van der Waals surface area contributed by atoms with Gasteiger partial charge in [0.05, 0.1) is 20.3 Å². The van der Waals surface area contributed by atoms with E-state index in [2.05, 4.69) is 5.16 Å². The molecule has 112 valence electrons. The Morgan fingerprint density at radius 1 is 1.19 bits per heavy atom. The van der Waals surface area contributed by atoms with Crippen LogP contribution in [0, 0.1) is 0 Å². The SMILES string of the molecule is COc1ccc(-c2cc(N)on2)cc1OC1CCOCC1. The van der Waals surface area contributed by atoms with Crippen molar-refractivity contribution in [2.45, 2.75) is 18.9 Å². The summed E-state index contributed by atoms with van der Waals surface area (Å²) in [6.45, 7) is 1.46. The van der Waals surface area contributed by atoms with E-state index in [1.165, 1.54) is 0 Å². The van der Waals surface area contributed by atoms with Crippen LogP contribution in [0.25, 0.3) is 11.3 Å². The largest absolute Gasteiger partial charge is 0.493 e. The molecular weight excluding hydrogens is 272 g/mol. The Morgan fingerprint density at radius 2 is 2.00 bits per heavy atom. The Bertz CT molecular complexity index is 605. The van der Waals surface area contributed by atoms with E-state index < -0.39 is 0 Å². The van der Waals surface area contributed by atoms with E-state index in [9.17, 15) is 0 Å². The molecule has 0 radical (unpaired) electrons. The molecule has 6 nitrogen and oxygen atoms in total. The van der Waals surface area contributed by atoms with Crippen molar-refractivity contribution in [1.29, 1.82) is 0 Å². The molecule has 0 spiro atoms. The molecule has 1 aromatic carbocycles. The van der Waals surface area contributed by atoms with Crippen LogP contribution < -0.4 is 15.2 Å². The molecule has 0 bridgehead atoms. The maximum atomic E-state index is 6.05. The Balaban J connectivity index is 1.86. The van der Waals surface area contributed by atoms with Gasteiger partial charge in [-0.2, -0.15) is 0 Å². The van der Waals surface area contributed by atoms with E-state index in [0.717, 1.165) is 31.6 Å². The van der Waals surface area contributed by atoms with Gasteiger partial charge in [0.2, 0.25) is 5.88 Å². The first-order valence-corrected chi connectivity index (χ1v) is 6.91. The fourth-order valence-electron chi connectivity index (χ4n) is 2.33. The Kier molecular flexibility index (Phi) is 3.96. The van der Waals surface area contributed by atoms with Gasteiger partial charge in [-0.25, -0.2) is 0 Å². The fourth-order valence-corrected chi connectivity index (χ4v) is 2.33. The monoisotopic (exact) mass is 290 g/mol. The maximum absolute atomic E-state index is 6.05. The number of ether oxygens (including phenoxy) is 3. The lowest BCUT2D eigenvalue weighted by atomic mass is 10.1. The van der Waals surface area contributed by atoms with Gasteiger partial charge in [-0.1, -0.05) is 5.16 Å². The van der Waals surface area contributed by atoms with E-state index in [-0.39, 0.29) is 12.0 Å². The molecule has 6 heteroatoms. The van der Waals surface area contributed by atoms with E-state index in [1.54, 1.807) is 13.2 Å². The molecule has 1 saturated heterocycles. The van der Waals surface area contributed by atoms with Crippen molar-refractivity contribution in [3.8, 4) is 22.8 Å². The number of rotatable bonds is 4. The Hall–Kier alpha value is -2.21. The lowest BCUT2D eigenvalue weighted by Crippen LogP contribution is -2.26. The fraction of sp³-hybridized carbons (Fsp3) is 0.400. The van der Waals surface area contributed by atoms with Gasteiger partial charge in [-0.15, -0.1) is 0 Å². The van der Waals surface area contributed by atoms with Crippen molar-refractivity contribution in [1.82, 2.24) is 5.16 Å². The molecule has 1 fully saturated rings. The molecule has 21 heavy (non-hydrogen) atoms. The first-order valence-electron chi connectivity index (χ1n) is 6.91. The maximum Gasteiger partial charge on any atom is 0.222 e. The molecule has 0 saturated carbocycles. The van der Waals surface area contributed by atoms with Crippen molar-refractivity contribution in [2.24, 2.45) is 0 Å². The number of hydrogen-bond acceptors (Lipinski definition) is 6. The van der Waals surface area contributed by atoms with Crippen molar-refractivity contribution in [3.05, 3.63) is 24.3 Å². The summed E-state index contributed by atoms with van der Waals surface area (Å²) >= 11 is 0. The molecule has 3 rings (SSSR count). The summed E-state index contributed by atoms with van der Waals surface area (Å²) in [5.74, 6) is 1.68. The van der Waals surface area contributed by atoms with E-state index in [0.29, 0.717) is 17.2 Å². The van der Waals surface area contributed by atoms with Crippen LogP contribution >= 0.6 is 0 Å².